The third-order valence-electron chi connectivity index (χ3n) is 1.81. The molecular formula is C10H21N. The summed E-state index contributed by atoms with van der Waals surface area (Å²) >= 11 is 0. The molecule has 0 saturated heterocycles. The fourth-order valence-electron chi connectivity index (χ4n) is 1.02. The van der Waals surface area contributed by atoms with E-state index in [1.165, 1.54) is 25.7 Å². The topological polar surface area (TPSA) is 12.0 Å². The van der Waals surface area contributed by atoms with Gasteiger partial charge in [0.25, 0.3) is 0 Å². The largest absolute Gasteiger partial charge is 0.319 e. The highest BCUT2D eigenvalue weighted by Crippen LogP contribution is 2.06. The summed E-state index contributed by atoms with van der Waals surface area (Å²) in [5.74, 6) is 0. The summed E-state index contributed by atoms with van der Waals surface area (Å²) in [6.07, 6.45) is 7.43. The number of rotatable bonds is 6. The average molecular weight is 155 g/mol. The Morgan fingerprint density at radius 3 is 2.73 bits per heavy atom. The lowest BCUT2D eigenvalue weighted by Crippen LogP contribution is -2.06. The van der Waals surface area contributed by atoms with Crippen LogP contribution in [0.4, 0.5) is 0 Å². The third-order valence-corrected chi connectivity index (χ3v) is 1.81. The zero-order valence-electron chi connectivity index (χ0n) is 8.11. The molecule has 1 heteroatoms. The predicted molar refractivity (Wildman–Crippen MR) is 51.8 cm³/mol. The van der Waals surface area contributed by atoms with Crippen LogP contribution >= 0.6 is 0 Å². The molecule has 1 nitrogen and oxygen atoms in total. The van der Waals surface area contributed by atoms with E-state index in [-0.39, 0.29) is 0 Å². The Labute approximate surface area is 70.9 Å². The van der Waals surface area contributed by atoms with Crippen LogP contribution in [0.25, 0.3) is 0 Å². The standard InChI is InChI=1S/C10H21N/c1-4-5-7-10(2)8-6-9-11-3/h8,11H,4-7,9H2,1-3H3. The van der Waals surface area contributed by atoms with E-state index in [0.717, 1.165) is 6.54 Å². The molecule has 0 aliphatic rings. The van der Waals surface area contributed by atoms with Gasteiger partial charge in [0.15, 0.2) is 0 Å². The van der Waals surface area contributed by atoms with Gasteiger partial charge < -0.3 is 5.32 Å². The van der Waals surface area contributed by atoms with Gasteiger partial charge in [0.2, 0.25) is 0 Å². The van der Waals surface area contributed by atoms with E-state index in [4.69, 9.17) is 0 Å². The number of nitrogens with one attached hydrogen (secondary N) is 1. The van der Waals surface area contributed by atoms with E-state index in [1.54, 1.807) is 5.57 Å². The van der Waals surface area contributed by atoms with Crippen LogP contribution in [0.2, 0.25) is 0 Å². The Morgan fingerprint density at radius 2 is 2.18 bits per heavy atom. The monoisotopic (exact) mass is 155 g/mol. The first-order valence-corrected chi connectivity index (χ1v) is 4.61. The van der Waals surface area contributed by atoms with E-state index in [0.29, 0.717) is 0 Å². The number of allylic oxidation sites excluding steroid dienone is 1. The number of unbranched alkanes of at least 4 members (excludes halogenated alkanes) is 1. The van der Waals surface area contributed by atoms with E-state index in [2.05, 4.69) is 25.2 Å². The second-order valence-electron chi connectivity index (χ2n) is 3.05. The lowest BCUT2D eigenvalue weighted by atomic mass is 10.1. The molecule has 0 bridgehead atoms. The van der Waals surface area contributed by atoms with Crippen molar-refractivity contribution in [3.63, 3.8) is 0 Å². The van der Waals surface area contributed by atoms with E-state index >= 15 is 0 Å². The molecule has 0 saturated carbocycles. The molecule has 0 radical (unpaired) electrons. The van der Waals surface area contributed by atoms with Crippen LogP contribution in [0.1, 0.15) is 39.5 Å². The van der Waals surface area contributed by atoms with E-state index in [9.17, 15) is 0 Å². The summed E-state index contributed by atoms with van der Waals surface area (Å²) in [4.78, 5) is 0. The fourth-order valence-corrected chi connectivity index (χ4v) is 1.02. The third kappa shape index (κ3) is 7.60. The normalized spacial score (nSPS) is 12.1. The number of hydrogen-bond acceptors (Lipinski definition) is 1. The van der Waals surface area contributed by atoms with E-state index in [1.807, 2.05) is 7.05 Å². The maximum atomic E-state index is 3.13. The Balaban J connectivity index is 3.30. The zero-order chi connectivity index (χ0) is 8.53. The predicted octanol–water partition coefficient (Wildman–Crippen LogP) is 2.73. The van der Waals surface area contributed by atoms with E-state index < -0.39 is 0 Å². The molecule has 0 atom stereocenters. The van der Waals surface area contributed by atoms with Crippen LogP contribution < -0.4 is 5.32 Å². The molecule has 0 aliphatic heterocycles. The molecule has 0 heterocycles. The van der Waals surface area contributed by atoms with Crippen molar-refractivity contribution in [2.75, 3.05) is 13.6 Å². The van der Waals surface area contributed by atoms with Crippen LogP contribution in [-0.2, 0) is 0 Å². The van der Waals surface area contributed by atoms with Gasteiger partial charge >= 0.3 is 0 Å². The van der Waals surface area contributed by atoms with Crippen molar-refractivity contribution in [2.24, 2.45) is 0 Å². The highest BCUT2D eigenvalue weighted by atomic mass is 14.8. The quantitative estimate of drug-likeness (QED) is 0.459. The van der Waals surface area contributed by atoms with Gasteiger partial charge in [-0.1, -0.05) is 25.0 Å². The minimum atomic E-state index is 1.10. The summed E-state index contributed by atoms with van der Waals surface area (Å²) in [5.41, 5.74) is 1.54. The molecule has 0 amide bonds. The molecule has 0 fully saturated rings. The van der Waals surface area contributed by atoms with Crippen LogP contribution in [0.5, 0.6) is 0 Å². The molecule has 11 heavy (non-hydrogen) atoms. The van der Waals surface area contributed by atoms with Gasteiger partial charge in [-0.15, -0.1) is 0 Å². The van der Waals surface area contributed by atoms with Gasteiger partial charge in [0.1, 0.15) is 0 Å². The maximum Gasteiger partial charge on any atom is -0.00172 e. The van der Waals surface area contributed by atoms with Gasteiger partial charge in [-0.25, -0.2) is 0 Å². The number of hydrogen-bond donors (Lipinski definition) is 1. The maximum absolute atomic E-state index is 3.13. The molecule has 0 aromatic heterocycles. The van der Waals surface area contributed by atoms with Gasteiger partial charge in [-0.3, -0.25) is 0 Å². The summed E-state index contributed by atoms with van der Waals surface area (Å²) in [6, 6.07) is 0. The molecule has 0 aromatic rings. The lowest BCUT2D eigenvalue weighted by molar-refractivity contribution is 0.769. The molecule has 1 N–H and O–H groups in total. The first-order chi connectivity index (χ1) is 5.31. The Morgan fingerprint density at radius 1 is 1.45 bits per heavy atom. The Kier molecular flexibility index (Phi) is 7.59. The van der Waals surface area contributed by atoms with Gasteiger partial charge in [0, 0.05) is 0 Å². The molecule has 0 aromatic carbocycles. The highest BCUT2D eigenvalue weighted by molar-refractivity contribution is 4.97. The summed E-state index contributed by atoms with van der Waals surface area (Å²) < 4.78 is 0. The molecular weight excluding hydrogens is 134 g/mol. The van der Waals surface area contributed by atoms with Crippen molar-refractivity contribution in [1.82, 2.24) is 5.32 Å². The van der Waals surface area contributed by atoms with Crippen molar-refractivity contribution >= 4 is 0 Å². The zero-order valence-corrected chi connectivity index (χ0v) is 8.11. The van der Waals surface area contributed by atoms with Gasteiger partial charge in [0.05, 0.1) is 0 Å². The van der Waals surface area contributed by atoms with Crippen molar-refractivity contribution in [1.29, 1.82) is 0 Å². The minimum absolute atomic E-state index is 1.10. The van der Waals surface area contributed by atoms with Crippen molar-refractivity contribution in [3.05, 3.63) is 11.6 Å². The minimum Gasteiger partial charge on any atom is -0.319 e. The van der Waals surface area contributed by atoms with Crippen molar-refractivity contribution < 1.29 is 0 Å². The molecule has 0 aliphatic carbocycles. The molecule has 0 rings (SSSR count). The average Bonchev–Trinajstić information content (AvgIpc) is 2.01. The van der Waals surface area contributed by atoms with Crippen LogP contribution in [0, 0.1) is 0 Å². The van der Waals surface area contributed by atoms with Crippen molar-refractivity contribution in [2.45, 2.75) is 39.5 Å². The summed E-state index contributed by atoms with van der Waals surface area (Å²) in [5, 5.41) is 3.13. The molecule has 0 spiro atoms. The SMILES string of the molecule is CCCCC(C)=CCCNC. The molecule has 66 valence electrons. The first-order valence-electron chi connectivity index (χ1n) is 4.61. The van der Waals surface area contributed by atoms with Gasteiger partial charge in [-0.05, 0) is 39.8 Å². The van der Waals surface area contributed by atoms with Gasteiger partial charge in [-0.2, -0.15) is 0 Å². The first kappa shape index (κ1) is 10.7. The smallest absolute Gasteiger partial charge is 0.00172 e. The summed E-state index contributed by atoms with van der Waals surface area (Å²) in [7, 11) is 2.00. The van der Waals surface area contributed by atoms with Crippen LogP contribution in [0.15, 0.2) is 11.6 Å². The molecule has 0 unspecified atom stereocenters. The van der Waals surface area contributed by atoms with Crippen molar-refractivity contribution in [3.8, 4) is 0 Å². The second kappa shape index (κ2) is 7.80. The summed E-state index contributed by atoms with van der Waals surface area (Å²) in [6.45, 7) is 5.57. The Bertz CT molecular complexity index is 105. The highest BCUT2D eigenvalue weighted by Gasteiger charge is 1.87. The van der Waals surface area contributed by atoms with Crippen LogP contribution in [0.3, 0.4) is 0 Å². The second-order valence-corrected chi connectivity index (χ2v) is 3.05. The van der Waals surface area contributed by atoms with Crippen LogP contribution in [-0.4, -0.2) is 13.6 Å². The Hall–Kier alpha value is -0.300. The fraction of sp³-hybridized carbons (Fsp3) is 0.800. The lowest BCUT2D eigenvalue weighted by Gasteiger charge is -1.99.